The number of hydrogen-bond acceptors (Lipinski definition) is 2. The molecular weight excluding hydrogens is 212 g/mol. The molecule has 0 atom stereocenters. The summed E-state index contributed by atoms with van der Waals surface area (Å²) in [5.74, 6) is 1.72. The SMILES string of the molecule is COc1ccc(CCC2CCCCC2)cc1O. The van der Waals surface area contributed by atoms with Gasteiger partial charge in [-0.2, -0.15) is 0 Å². The number of phenolic OH excluding ortho intramolecular Hbond substituents is 1. The maximum Gasteiger partial charge on any atom is 0.160 e. The van der Waals surface area contributed by atoms with Crippen molar-refractivity contribution in [3.8, 4) is 11.5 Å². The molecule has 94 valence electrons. The Morgan fingerprint density at radius 3 is 2.65 bits per heavy atom. The number of methoxy groups -OCH3 is 1. The Balaban J connectivity index is 1.87. The van der Waals surface area contributed by atoms with E-state index in [0.717, 1.165) is 12.3 Å². The molecule has 1 aromatic carbocycles. The fourth-order valence-corrected chi connectivity index (χ4v) is 2.74. The summed E-state index contributed by atoms with van der Waals surface area (Å²) in [6.07, 6.45) is 9.33. The molecule has 1 N–H and O–H groups in total. The van der Waals surface area contributed by atoms with Crippen LogP contribution in [0.1, 0.15) is 44.1 Å². The first-order valence-electron chi connectivity index (χ1n) is 6.65. The molecule has 1 saturated carbocycles. The lowest BCUT2D eigenvalue weighted by Crippen LogP contribution is -2.07. The van der Waals surface area contributed by atoms with E-state index in [-0.39, 0.29) is 5.75 Å². The van der Waals surface area contributed by atoms with Crippen LogP contribution in [0.3, 0.4) is 0 Å². The zero-order valence-corrected chi connectivity index (χ0v) is 10.6. The zero-order chi connectivity index (χ0) is 12.1. The standard InChI is InChI=1S/C15H22O2/c1-17-15-10-9-13(11-14(15)16)8-7-12-5-3-2-4-6-12/h9-12,16H,2-8H2,1H3. The van der Waals surface area contributed by atoms with E-state index in [9.17, 15) is 5.11 Å². The second-order valence-electron chi connectivity index (χ2n) is 5.05. The summed E-state index contributed by atoms with van der Waals surface area (Å²) in [5, 5.41) is 9.70. The topological polar surface area (TPSA) is 29.5 Å². The molecule has 17 heavy (non-hydrogen) atoms. The van der Waals surface area contributed by atoms with Crippen molar-refractivity contribution in [1.29, 1.82) is 0 Å². The molecule has 1 aliphatic rings. The summed E-state index contributed by atoms with van der Waals surface area (Å²) in [6, 6.07) is 5.74. The van der Waals surface area contributed by atoms with Crippen LogP contribution in [0.2, 0.25) is 0 Å². The van der Waals surface area contributed by atoms with Crippen LogP contribution in [-0.2, 0) is 6.42 Å². The van der Waals surface area contributed by atoms with Crippen molar-refractivity contribution >= 4 is 0 Å². The molecule has 0 aromatic heterocycles. The summed E-state index contributed by atoms with van der Waals surface area (Å²) in [4.78, 5) is 0. The van der Waals surface area contributed by atoms with Crippen molar-refractivity contribution in [2.24, 2.45) is 5.92 Å². The summed E-state index contributed by atoms with van der Waals surface area (Å²) >= 11 is 0. The van der Waals surface area contributed by atoms with Crippen LogP contribution in [-0.4, -0.2) is 12.2 Å². The Morgan fingerprint density at radius 2 is 2.00 bits per heavy atom. The molecule has 0 spiro atoms. The third-order valence-electron chi connectivity index (χ3n) is 3.81. The lowest BCUT2D eigenvalue weighted by molar-refractivity contribution is 0.338. The lowest BCUT2D eigenvalue weighted by atomic mass is 9.85. The second kappa shape index (κ2) is 5.95. The predicted octanol–water partition coefficient (Wildman–Crippen LogP) is 3.91. The molecule has 0 radical (unpaired) electrons. The molecule has 1 aromatic rings. The average molecular weight is 234 g/mol. The Bertz CT molecular complexity index is 354. The van der Waals surface area contributed by atoms with Gasteiger partial charge in [0.05, 0.1) is 7.11 Å². The molecular formula is C15H22O2. The maximum absolute atomic E-state index is 9.70. The highest BCUT2D eigenvalue weighted by atomic mass is 16.5. The van der Waals surface area contributed by atoms with Crippen LogP contribution in [0, 0.1) is 5.92 Å². The largest absolute Gasteiger partial charge is 0.504 e. The number of aryl methyl sites for hydroxylation is 1. The van der Waals surface area contributed by atoms with E-state index in [1.807, 2.05) is 12.1 Å². The van der Waals surface area contributed by atoms with E-state index >= 15 is 0 Å². The van der Waals surface area contributed by atoms with Crippen molar-refractivity contribution in [2.45, 2.75) is 44.9 Å². The molecule has 0 heterocycles. The molecule has 0 bridgehead atoms. The van der Waals surface area contributed by atoms with Crippen LogP contribution in [0.25, 0.3) is 0 Å². The van der Waals surface area contributed by atoms with Crippen molar-refractivity contribution in [3.63, 3.8) is 0 Å². The van der Waals surface area contributed by atoms with Gasteiger partial charge >= 0.3 is 0 Å². The highest BCUT2D eigenvalue weighted by Crippen LogP contribution is 2.30. The van der Waals surface area contributed by atoms with Gasteiger partial charge in [-0.3, -0.25) is 0 Å². The van der Waals surface area contributed by atoms with Crippen LogP contribution in [0.4, 0.5) is 0 Å². The van der Waals surface area contributed by atoms with Gasteiger partial charge < -0.3 is 9.84 Å². The number of ether oxygens (including phenoxy) is 1. The van der Waals surface area contributed by atoms with Crippen molar-refractivity contribution in [2.75, 3.05) is 7.11 Å². The van der Waals surface area contributed by atoms with Crippen molar-refractivity contribution < 1.29 is 9.84 Å². The van der Waals surface area contributed by atoms with Gasteiger partial charge in [-0.1, -0.05) is 38.2 Å². The summed E-state index contributed by atoms with van der Waals surface area (Å²) in [6.45, 7) is 0. The first-order chi connectivity index (χ1) is 8.29. The smallest absolute Gasteiger partial charge is 0.160 e. The Labute approximate surface area is 104 Å². The minimum atomic E-state index is 0.258. The first kappa shape index (κ1) is 12.3. The fraction of sp³-hybridized carbons (Fsp3) is 0.600. The third-order valence-corrected chi connectivity index (χ3v) is 3.81. The first-order valence-corrected chi connectivity index (χ1v) is 6.65. The van der Waals surface area contributed by atoms with Gasteiger partial charge in [0.1, 0.15) is 0 Å². The number of aromatic hydroxyl groups is 1. The minimum Gasteiger partial charge on any atom is -0.504 e. The van der Waals surface area contributed by atoms with Gasteiger partial charge in [0, 0.05) is 0 Å². The second-order valence-corrected chi connectivity index (χ2v) is 5.05. The molecule has 0 amide bonds. The highest BCUT2D eigenvalue weighted by Gasteiger charge is 2.13. The van der Waals surface area contributed by atoms with Crippen molar-refractivity contribution in [1.82, 2.24) is 0 Å². The van der Waals surface area contributed by atoms with Gasteiger partial charge in [0.2, 0.25) is 0 Å². The molecule has 2 heteroatoms. The van der Waals surface area contributed by atoms with E-state index < -0.39 is 0 Å². The van der Waals surface area contributed by atoms with E-state index in [4.69, 9.17) is 4.74 Å². The monoisotopic (exact) mass is 234 g/mol. The number of benzene rings is 1. The van der Waals surface area contributed by atoms with Crippen molar-refractivity contribution in [3.05, 3.63) is 23.8 Å². The van der Waals surface area contributed by atoms with Crippen LogP contribution < -0.4 is 4.74 Å². The lowest BCUT2D eigenvalue weighted by Gasteiger charge is -2.21. The minimum absolute atomic E-state index is 0.258. The van der Waals surface area contributed by atoms with Crippen LogP contribution in [0.5, 0.6) is 11.5 Å². The maximum atomic E-state index is 9.70. The molecule has 2 nitrogen and oxygen atoms in total. The predicted molar refractivity (Wildman–Crippen MR) is 69.6 cm³/mol. The van der Waals surface area contributed by atoms with Gasteiger partial charge in [0.15, 0.2) is 11.5 Å². The Kier molecular flexibility index (Phi) is 4.29. The summed E-state index contributed by atoms with van der Waals surface area (Å²) < 4.78 is 5.04. The van der Waals surface area contributed by atoms with Gasteiger partial charge in [-0.15, -0.1) is 0 Å². The average Bonchev–Trinajstić information content (AvgIpc) is 2.38. The van der Waals surface area contributed by atoms with Crippen LogP contribution >= 0.6 is 0 Å². The number of rotatable bonds is 4. The fourth-order valence-electron chi connectivity index (χ4n) is 2.74. The quantitative estimate of drug-likeness (QED) is 0.855. The third kappa shape index (κ3) is 3.39. The normalized spacial score (nSPS) is 17.0. The van der Waals surface area contributed by atoms with E-state index in [2.05, 4.69) is 6.07 Å². The highest BCUT2D eigenvalue weighted by molar-refractivity contribution is 5.41. The van der Waals surface area contributed by atoms with Gasteiger partial charge in [0.25, 0.3) is 0 Å². The van der Waals surface area contributed by atoms with Gasteiger partial charge in [-0.05, 0) is 36.5 Å². The van der Waals surface area contributed by atoms with E-state index in [1.54, 1.807) is 7.11 Å². The van der Waals surface area contributed by atoms with Gasteiger partial charge in [-0.25, -0.2) is 0 Å². The summed E-state index contributed by atoms with van der Waals surface area (Å²) in [5.41, 5.74) is 1.22. The number of phenols is 1. The Hall–Kier alpha value is -1.18. The molecule has 2 rings (SSSR count). The Morgan fingerprint density at radius 1 is 1.24 bits per heavy atom. The van der Waals surface area contributed by atoms with Crippen LogP contribution in [0.15, 0.2) is 18.2 Å². The summed E-state index contributed by atoms with van der Waals surface area (Å²) in [7, 11) is 1.58. The molecule has 1 aliphatic carbocycles. The molecule has 0 saturated heterocycles. The number of hydrogen-bond donors (Lipinski definition) is 1. The molecule has 0 unspecified atom stereocenters. The molecule has 1 fully saturated rings. The van der Waals surface area contributed by atoms with E-state index in [0.29, 0.717) is 5.75 Å². The zero-order valence-electron chi connectivity index (χ0n) is 10.6. The molecule has 0 aliphatic heterocycles. The van der Waals surface area contributed by atoms with E-state index in [1.165, 1.54) is 44.1 Å².